The monoisotopic (exact) mass is 121 g/mol. The summed E-state index contributed by atoms with van der Waals surface area (Å²) in [5, 5.41) is 1.58. The van der Waals surface area contributed by atoms with Crippen LogP contribution in [0.3, 0.4) is 0 Å². The van der Waals surface area contributed by atoms with E-state index in [1.807, 2.05) is 18.2 Å². The summed E-state index contributed by atoms with van der Waals surface area (Å²) in [6, 6.07) is 5.67. The second kappa shape index (κ2) is 1.19. The van der Waals surface area contributed by atoms with Gasteiger partial charge in [0, 0.05) is 0 Å². The third-order valence-corrected chi connectivity index (χ3v) is 1.50. The lowest BCUT2D eigenvalue weighted by molar-refractivity contribution is 1.24. The highest BCUT2D eigenvalue weighted by Gasteiger charge is 2.27. The van der Waals surface area contributed by atoms with E-state index in [2.05, 4.69) is 0 Å². The van der Waals surface area contributed by atoms with Crippen molar-refractivity contribution in [2.45, 2.75) is 0 Å². The Morgan fingerprint density at radius 3 is 2.67 bits per heavy atom. The lowest BCUT2D eigenvalue weighted by atomic mass is 10.3. The zero-order valence-electron chi connectivity index (χ0n) is 4.83. The van der Waals surface area contributed by atoms with Crippen molar-refractivity contribution in [2.24, 2.45) is 5.84 Å². The van der Waals surface area contributed by atoms with E-state index in [0.717, 1.165) is 17.1 Å². The van der Waals surface area contributed by atoms with Gasteiger partial charge in [-0.05, 0) is 12.1 Å². The van der Waals surface area contributed by atoms with Gasteiger partial charge in [-0.25, -0.2) is 5.84 Å². The van der Waals surface area contributed by atoms with Gasteiger partial charge in [0.1, 0.15) is 5.69 Å². The quantitative estimate of drug-likeness (QED) is 0.300. The third kappa shape index (κ3) is 0.439. The van der Waals surface area contributed by atoms with Crippen LogP contribution in [0.1, 0.15) is 0 Å². The maximum Gasteiger partial charge on any atom is 0.106 e. The van der Waals surface area contributed by atoms with Crippen molar-refractivity contribution >= 4 is 17.1 Å². The van der Waals surface area contributed by atoms with Crippen molar-refractivity contribution in [3.05, 3.63) is 18.2 Å². The number of hydrogen-bond donors (Lipinski definition) is 2. The first-order valence-electron chi connectivity index (χ1n) is 2.74. The number of anilines is 3. The van der Waals surface area contributed by atoms with Crippen LogP contribution < -0.4 is 16.6 Å². The SMILES string of the molecule is Nc1cccc2c1N2N. The van der Waals surface area contributed by atoms with Gasteiger partial charge in [-0.15, -0.1) is 0 Å². The number of nitrogens with two attached hydrogens (primary N) is 2. The molecule has 2 rings (SSSR count). The van der Waals surface area contributed by atoms with E-state index in [4.69, 9.17) is 11.6 Å². The van der Waals surface area contributed by atoms with Crippen molar-refractivity contribution in [1.82, 2.24) is 0 Å². The molecule has 0 amide bonds. The van der Waals surface area contributed by atoms with E-state index in [1.54, 1.807) is 5.01 Å². The second-order valence-electron chi connectivity index (χ2n) is 2.08. The molecule has 1 aromatic carbocycles. The largest absolute Gasteiger partial charge is 0.397 e. The topological polar surface area (TPSA) is 55.0 Å². The smallest absolute Gasteiger partial charge is 0.106 e. The summed E-state index contributed by atoms with van der Waals surface area (Å²) in [6.45, 7) is 0. The van der Waals surface area contributed by atoms with Crippen LogP contribution in [0.25, 0.3) is 0 Å². The standard InChI is InChI=1S/C6H7N3/c7-4-2-1-3-5-6(4)9(5)8/h1-3H,7-8H2. The first-order valence-corrected chi connectivity index (χ1v) is 2.74. The van der Waals surface area contributed by atoms with Crippen LogP contribution >= 0.6 is 0 Å². The van der Waals surface area contributed by atoms with Gasteiger partial charge in [-0.3, -0.25) is 5.01 Å². The molecule has 1 aromatic rings. The van der Waals surface area contributed by atoms with Gasteiger partial charge >= 0.3 is 0 Å². The first-order chi connectivity index (χ1) is 4.30. The molecule has 0 bridgehead atoms. The molecule has 9 heavy (non-hydrogen) atoms. The fraction of sp³-hybridized carbons (Fsp3) is 0. The summed E-state index contributed by atoms with van der Waals surface area (Å²) in [7, 11) is 0. The molecule has 46 valence electrons. The summed E-state index contributed by atoms with van der Waals surface area (Å²) in [4.78, 5) is 0. The Morgan fingerprint density at radius 2 is 2.11 bits per heavy atom. The minimum atomic E-state index is 0.759. The average molecular weight is 121 g/mol. The number of hydrogen-bond acceptors (Lipinski definition) is 3. The Balaban J connectivity index is 2.61. The highest BCUT2D eigenvalue weighted by molar-refractivity contribution is 5.99. The molecule has 3 heteroatoms. The van der Waals surface area contributed by atoms with Gasteiger partial charge in [0.2, 0.25) is 0 Å². The second-order valence-corrected chi connectivity index (χ2v) is 2.08. The zero-order chi connectivity index (χ0) is 6.43. The molecular formula is C6H7N3. The highest BCUT2D eigenvalue weighted by atomic mass is 15.5. The molecule has 0 aliphatic carbocycles. The molecule has 0 saturated carbocycles. The van der Waals surface area contributed by atoms with Crippen molar-refractivity contribution in [3.63, 3.8) is 0 Å². The summed E-state index contributed by atoms with van der Waals surface area (Å²) < 4.78 is 0. The maximum absolute atomic E-state index is 5.54. The van der Waals surface area contributed by atoms with Crippen LogP contribution in [0.4, 0.5) is 17.1 Å². The van der Waals surface area contributed by atoms with Crippen molar-refractivity contribution in [2.75, 3.05) is 10.7 Å². The predicted octanol–water partition coefficient (Wildman–Crippen LogP) is 0.594. The number of nitrogens with zero attached hydrogens (tertiary/aromatic N) is 1. The Bertz CT molecular complexity index is 256. The molecule has 0 saturated heterocycles. The number of fused-ring (bicyclic) bond motifs is 1. The molecule has 0 unspecified atom stereocenters. The normalized spacial score (nSPS) is 13.2. The van der Waals surface area contributed by atoms with Crippen LogP contribution in [0.15, 0.2) is 18.2 Å². The lowest BCUT2D eigenvalue weighted by Gasteiger charge is -1.85. The molecule has 1 heterocycles. The Kier molecular flexibility index (Phi) is 0.615. The molecule has 3 nitrogen and oxygen atoms in total. The summed E-state index contributed by atoms with van der Waals surface area (Å²) in [5.41, 5.74) is 8.31. The van der Waals surface area contributed by atoms with E-state index in [9.17, 15) is 0 Å². The highest BCUT2D eigenvalue weighted by Crippen LogP contribution is 2.48. The summed E-state index contributed by atoms with van der Waals surface area (Å²) in [6.07, 6.45) is 0. The molecule has 4 N–H and O–H groups in total. The van der Waals surface area contributed by atoms with E-state index >= 15 is 0 Å². The fourth-order valence-corrected chi connectivity index (χ4v) is 0.959. The molecule has 1 aliphatic rings. The molecule has 0 atom stereocenters. The molecule has 1 aliphatic heterocycles. The number of para-hydroxylation sites is 1. The average Bonchev–Trinajstić information content (AvgIpc) is 2.45. The van der Waals surface area contributed by atoms with E-state index in [1.165, 1.54) is 0 Å². The van der Waals surface area contributed by atoms with E-state index < -0.39 is 0 Å². The van der Waals surface area contributed by atoms with E-state index in [0.29, 0.717) is 0 Å². The van der Waals surface area contributed by atoms with Crippen molar-refractivity contribution < 1.29 is 0 Å². The fourth-order valence-electron chi connectivity index (χ4n) is 0.959. The Labute approximate surface area is 52.8 Å². The summed E-state index contributed by atoms with van der Waals surface area (Å²) in [5.74, 6) is 5.45. The van der Waals surface area contributed by atoms with Crippen LogP contribution in [-0.4, -0.2) is 0 Å². The van der Waals surface area contributed by atoms with E-state index in [-0.39, 0.29) is 0 Å². The molecule has 0 radical (unpaired) electrons. The zero-order valence-corrected chi connectivity index (χ0v) is 4.83. The number of benzene rings is 1. The predicted molar refractivity (Wildman–Crippen MR) is 37.2 cm³/mol. The number of hydrazine groups is 1. The van der Waals surface area contributed by atoms with Crippen molar-refractivity contribution in [1.29, 1.82) is 0 Å². The van der Waals surface area contributed by atoms with Crippen LogP contribution in [0.2, 0.25) is 0 Å². The molecule has 0 spiro atoms. The van der Waals surface area contributed by atoms with Gasteiger partial charge in [0.25, 0.3) is 0 Å². The van der Waals surface area contributed by atoms with Crippen LogP contribution in [-0.2, 0) is 0 Å². The minimum absolute atomic E-state index is 0.759. The summed E-state index contributed by atoms with van der Waals surface area (Å²) >= 11 is 0. The third-order valence-electron chi connectivity index (χ3n) is 1.50. The van der Waals surface area contributed by atoms with Crippen LogP contribution in [0, 0.1) is 0 Å². The Hall–Kier alpha value is -1.22. The van der Waals surface area contributed by atoms with Gasteiger partial charge < -0.3 is 5.73 Å². The molecule has 0 fully saturated rings. The lowest BCUT2D eigenvalue weighted by Crippen LogP contribution is -2.07. The van der Waals surface area contributed by atoms with Gasteiger partial charge in [0.05, 0.1) is 11.4 Å². The maximum atomic E-state index is 5.54. The van der Waals surface area contributed by atoms with Gasteiger partial charge in [-0.1, -0.05) is 6.07 Å². The van der Waals surface area contributed by atoms with Crippen LogP contribution in [0.5, 0.6) is 0 Å². The Morgan fingerprint density at radius 1 is 1.33 bits per heavy atom. The molecular weight excluding hydrogens is 114 g/mol. The number of rotatable bonds is 0. The molecule has 0 aromatic heterocycles. The first kappa shape index (κ1) is 4.64. The minimum Gasteiger partial charge on any atom is -0.397 e. The van der Waals surface area contributed by atoms with Gasteiger partial charge in [0.15, 0.2) is 0 Å². The van der Waals surface area contributed by atoms with Crippen molar-refractivity contribution in [3.8, 4) is 0 Å². The van der Waals surface area contributed by atoms with Gasteiger partial charge in [-0.2, -0.15) is 0 Å². The number of nitrogen functional groups attached to an aromatic ring is 1.